The number of ether oxygens (including phenoxy) is 1. The number of anilines is 2. The van der Waals surface area contributed by atoms with Crippen molar-refractivity contribution in [1.82, 2.24) is 9.97 Å². The van der Waals surface area contributed by atoms with E-state index in [-0.39, 0.29) is 10.8 Å². The molecule has 0 radical (unpaired) electrons. The largest absolute Gasteiger partial charge is 0.399 e. The molecule has 2 aromatic rings. The second kappa shape index (κ2) is 7.36. The number of thiol groups is 1. The zero-order valence-electron chi connectivity index (χ0n) is 16.9. The molecule has 7 heteroatoms. The van der Waals surface area contributed by atoms with Gasteiger partial charge >= 0.3 is 0 Å². The average molecular weight is 414 g/mol. The lowest BCUT2D eigenvalue weighted by molar-refractivity contribution is 0.0985. The molecule has 0 amide bonds. The van der Waals surface area contributed by atoms with Gasteiger partial charge in [0.15, 0.2) is 10.6 Å². The van der Waals surface area contributed by atoms with Crippen LogP contribution < -0.4 is 10.6 Å². The SMILES string of the molecule is CC1COCCN1c1cc(C2([SH+](=O)C3CC3)CCC2)nc(-c2ccc(N)cc2)n1. The molecule has 3 fully saturated rings. The van der Waals surface area contributed by atoms with E-state index in [1.54, 1.807) is 0 Å². The van der Waals surface area contributed by atoms with Gasteiger partial charge in [-0.3, -0.25) is 0 Å². The molecule has 2 unspecified atom stereocenters. The van der Waals surface area contributed by atoms with Crippen molar-refractivity contribution in [3.05, 3.63) is 36.0 Å². The Morgan fingerprint density at radius 1 is 1.21 bits per heavy atom. The van der Waals surface area contributed by atoms with Crippen LogP contribution in [0.2, 0.25) is 0 Å². The van der Waals surface area contributed by atoms with Gasteiger partial charge in [-0.1, -0.05) is 0 Å². The molecule has 1 aromatic carbocycles. The molecule has 1 saturated heterocycles. The van der Waals surface area contributed by atoms with Gasteiger partial charge in [-0.2, -0.15) is 0 Å². The monoisotopic (exact) mass is 413 g/mol. The summed E-state index contributed by atoms with van der Waals surface area (Å²) in [5.74, 6) is 1.62. The summed E-state index contributed by atoms with van der Waals surface area (Å²) < 4.78 is 18.7. The highest BCUT2D eigenvalue weighted by Crippen LogP contribution is 2.51. The van der Waals surface area contributed by atoms with Crippen LogP contribution in [-0.4, -0.2) is 41.0 Å². The number of hydrogen-bond acceptors (Lipinski definition) is 6. The summed E-state index contributed by atoms with van der Waals surface area (Å²) in [5.41, 5.74) is 8.51. The van der Waals surface area contributed by atoms with Gasteiger partial charge in [-0.05, 0) is 50.5 Å². The number of nitrogens with two attached hydrogens (primary N) is 1. The zero-order chi connectivity index (χ0) is 20.0. The quantitative estimate of drug-likeness (QED) is 0.461. The van der Waals surface area contributed by atoms with E-state index in [0.717, 1.165) is 61.4 Å². The highest BCUT2D eigenvalue weighted by atomic mass is 32.2. The van der Waals surface area contributed by atoms with Crippen molar-refractivity contribution in [2.24, 2.45) is 0 Å². The molecule has 5 rings (SSSR count). The zero-order valence-corrected chi connectivity index (χ0v) is 17.8. The second-order valence-corrected chi connectivity index (χ2v) is 10.9. The highest BCUT2D eigenvalue weighted by molar-refractivity contribution is 7.86. The van der Waals surface area contributed by atoms with Crippen LogP contribution in [0.3, 0.4) is 0 Å². The number of nitrogen functional groups attached to an aromatic ring is 1. The van der Waals surface area contributed by atoms with Crippen LogP contribution in [0, 0.1) is 0 Å². The Morgan fingerprint density at radius 3 is 2.59 bits per heavy atom. The van der Waals surface area contributed by atoms with Crippen LogP contribution in [0.1, 0.15) is 44.7 Å². The Kier molecular flexibility index (Phi) is 4.82. The van der Waals surface area contributed by atoms with Crippen LogP contribution in [0.4, 0.5) is 11.5 Å². The molecule has 2 saturated carbocycles. The first-order valence-corrected chi connectivity index (χ1v) is 12.0. The fourth-order valence-corrected chi connectivity index (χ4v) is 6.82. The summed E-state index contributed by atoms with van der Waals surface area (Å²) in [6.07, 6.45) is 5.25. The third-order valence-electron chi connectivity index (χ3n) is 6.50. The van der Waals surface area contributed by atoms with Crippen LogP contribution in [0.5, 0.6) is 0 Å². The fraction of sp³-hybridized carbons (Fsp3) is 0.545. The molecule has 2 atom stereocenters. The first kappa shape index (κ1) is 19.0. The molecular weight excluding hydrogens is 384 g/mol. The van der Waals surface area contributed by atoms with Gasteiger partial charge in [-0.15, -0.1) is 4.21 Å². The third-order valence-corrected chi connectivity index (χ3v) is 9.20. The highest BCUT2D eigenvalue weighted by Gasteiger charge is 2.56. The van der Waals surface area contributed by atoms with Crippen molar-refractivity contribution in [2.75, 3.05) is 30.4 Å². The average Bonchev–Trinajstić information content (AvgIpc) is 3.53. The number of rotatable bonds is 5. The van der Waals surface area contributed by atoms with E-state index in [4.69, 9.17) is 20.4 Å². The molecule has 6 nitrogen and oxygen atoms in total. The number of hydrogen-bond donors (Lipinski definition) is 1. The lowest BCUT2D eigenvalue weighted by atomic mass is 9.81. The Labute approximate surface area is 174 Å². The maximum absolute atomic E-state index is 13.4. The Hall–Kier alpha value is -1.99. The first-order chi connectivity index (χ1) is 14.1. The van der Waals surface area contributed by atoms with Crippen molar-refractivity contribution in [2.45, 2.75) is 55.1 Å². The number of nitrogens with zero attached hydrogens (tertiary/aromatic N) is 3. The van der Waals surface area contributed by atoms with E-state index in [1.165, 1.54) is 0 Å². The smallest absolute Gasteiger partial charge is 0.172 e. The predicted molar refractivity (Wildman–Crippen MR) is 118 cm³/mol. The van der Waals surface area contributed by atoms with Gasteiger partial charge in [0.1, 0.15) is 16.8 Å². The summed E-state index contributed by atoms with van der Waals surface area (Å²) in [7, 11) is -1.29. The lowest BCUT2D eigenvalue weighted by Crippen LogP contribution is -2.45. The molecule has 1 aromatic heterocycles. The minimum absolute atomic E-state index is 0.250. The first-order valence-electron chi connectivity index (χ1n) is 10.6. The summed E-state index contributed by atoms with van der Waals surface area (Å²) in [6.45, 7) is 4.36. The van der Waals surface area contributed by atoms with Gasteiger partial charge in [0.05, 0.1) is 30.1 Å². The molecule has 0 bridgehead atoms. The van der Waals surface area contributed by atoms with Crippen molar-refractivity contribution in [1.29, 1.82) is 0 Å². The molecule has 0 spiro atoms. The minimum atomic E-state index is -1.29. The van der Waals surface area contributed by atoms with E-state index < -0.39 is 10.8 Å². The molecule has 29 heavy (non-hydrogen) atoms. The Balaban J connectivity index is 1.61. The molecule has 154 valence electrons. The van der Waals surface area contributed by atoms with Gasteiger partial charge in [0.2, 0.25) is 0 Å². The molecule has 2 heterocycles. The van der Waals surface area contributed by atoms with Crippen LogP contribution in [0.15, 0.2) is 30.3 Å². The second-order valence-electron chi connectivity index (χ2n) is 8.62. The normalized spacial score (nSPS) is 24.7. The van der Waals surface area contributed by atoms with Crippen molar-refractivity contribution < 1.29 is 8.95 Å². The van der Waals surface area contributed by atoms with Gasteiger partial charge in [0.25, 0.3) is 0 Å². The molecular formula is C22H29N4O2S+. The molecule has 2 N–H and O–H groups in total. The van der Waals surface area contributed by atoms with E-state index in [9.17, 15) is 4.21 Å². The molecule has 1 aliphatic heterocycles. The topological polar surface area (TPSA) is 81.3 Å². The molecule has 2 aliphatic carbocycles. The standard InChI is InChI=1S/C22H28N4O2S/c1-15-14-28-12-11-26(15)20-13-19(22(9-2-10-22)29(27)18-7-8-18)24-21(25-20)16-3-5-17(23)6-4-16/h3-6,13,15,18H,2,7-12,14,23H2,1H3/p+1. The number of aromatic nitrogens is 2. The minimum Gasteiger partial charge on any atom is -0.399 e. The van der Waals surface area contributed by atoms with Crippen molar-refractivity contribution >= 4 is 22.3 Å². The predicted octanol–water partition coefficient (Wildman–Crippen LogP) is 3.19. The summed E-state index contributed by atoms with van der Waals surface area (Å²) in [6, 6.07) is 10.1. The van der Waals surface area contributed by atoms with E-state index in [2.05, 4.69) is 17.9 Å². The Morgan fingerprint density at radius 2 is 1.97 bits per heavy atom. The summed E-state index contributed by atoms with van der Waals surface area (Å²) >= 11 is 0. The van der Waals surface area contributed by atoms with Gasteiger partial charge < -0.3 is 15.4 Å². The summed E-state index contributed by atoms with van der Waals surface area (Å²) in [4.78, 5) is 12.2. The Bertz CT molecular complexity index is 925. The fourth-order valence-electron chi connectivity index (χ4n) is 4.41. The van der Waals surface area contributed by atoms with Gasteiger partial charge in [-0.25, -0.2) is 9.97 Å². The van der Waals surface area contributed by atoms with E-state index in [0.29, 0.717) is 24.3 Å². The summed E-state index contributed by atoms with van der Waals surface area (Å²) in [5, 5.41) is 0.381. The van der Waals surface area contributed by atoms with E-state index >= 15 is 0 Å². The van der Waals surface area contributed by atoms with Crippen molar-refractivity contribution in [3.63, 3.8) is 0 Å². The molecule has 3 aliphatic rings. The van der Waals surface area contributed by atoms with Crippen LogP contribution >= 0.6 is 0 Å². The van der Waals surface area contributed by atoms with Crippen molar-refractivity contribution in [3.8, 4) is 11.4 Å². The third kappa shape index (κ3) is 3.44. The van der Waals surface area contributed by atoms with E-state index in [1.807, 2.05) is 24.3 Å². The van der Waals surface area contributed by atoms with Crippen LogP contribution in [0.25, 0.3) is 11.4 Å². The number of morpholine rings is 1. The van der Waals surface area contributed by atoms with Gasteiger partial charge in [0, 0.05) is 36.7 Å². The van der Waals surface area contributed by atoms with Crippen LogP contribution in [-0.2, 0) is 24.5 Å². The maximum Gasteiger partial charge on any atom is 0.172 e. The number of benzene rings is 1. The lowest BCUT2D eigenvalue weighted by Gasteiger charge is -2.38. The maximum atomic E-state index is 13.4.